The predicted molar refractivity (Wildman–Crippen MR) is 283 cm³/mol. The molecule has 13 rings (SSSR count). The van der Waals surface area contributed by atoms with Gasteiger partial charge >= 0.3 is 6.85 Å². The lowest BCUT2D eigenvalue weighted by Gasteiger charge is -2.46. The monoisotopic (exact) mass is 870 g/mol. The predicted octanol–water partition coefficient (Wildman–Crippen LogP) is 16.1. The number of furan rings is 1. The van der Waals surface area contributed by atoms with Crippen LogP contribution in [-0.2, 0) is 16.2 Å². The van der Waals surface area contributed by atoms with Gasteiger partial charge in [0.1, 0.15) is 11.2 Å². The number of benzene rings is 8. The summed E-state index contributed by atoms with van der Waals surface area (Å²) in [5.74, 6) is 0. The molecule has 0 unspecified atom stereocenters. The van der Waals surface area contributed by atoms with Crippen molar-refractivity contribution < 1.29 is 4.42 Å². The SMILES string of the molecule is CC(C)(C)c1ccc(N2B3c4oc5ccccc5c4N(c4ccc(C(C)(C)C)cc4-c4ccccc4)c4cc5c(c(c43)-c3c2ccc2sc4ccccc4c32)C(C)(C)c2ccccc2-5)cc1. The fraction of sp³-hybridized carbons (Fsp3) is 0.180. The van der Waals surface area contributed by atoms with Crippen molar-refractivity contribution in [2.75, 3.05) is 9.71 Å². The Morgan fingerprint density at radius 2 is 1.21 bits per heavy atom. The van der Waals surface area contributed by atoms with Gasteiger partial charge < -0.3 is 14.1 Å². The molecule has 0 radical (unpaired) electrons. The molecule has 0 bridgehead atoms. The Labute approximate surface area is 392 Å². The Kier molecular flexibility index (Phi) is 8.16. The van der Waals surface area contributed by atoms with Gasteiger partial charge in [-0.1, -0.05) is 159 Å². The standard InChI is InChI=1S/C61H51BN2OS/c1-59(2,3)37-26-29-39(30-27-37)64-47-32-33-51-52(42-22-14-17-25-50(42)66-51)53(47)54-55-44(40-20-12-15-23-45(40)61(55,7)8)35-48-56(54)62(64)58-57(41-21-13-16-24-49(41)65-58)63(48)46-31-28-38(60(4,5)6)34-43(46)36-18-10-9-11-19-36/h9-35H,1-8H3. The average Bonchev–Trinajstić information content (AvgIpc) is 3.96. The molecule has 66 heavy (non-hydrogen) atoms. The van der Waals surface area contributed by atoms with E-state index in [1.54, 1.807) is 0 Å². The second kappa shape index (κ2) is 13.6. The molecule has 2 aromatic heterocycles. The average molecular weight is 871 g/mol. The second-order valence-corrected chi connectivity index (χ2v) is 22.4. The highest BCUT2D eigenvalue weighted by molar-refractivity contribution is 7.26. The third-order valence-corrected chi connectivity index (χ3v) is 16.1. The molecule has 0 saturated carbocycles. The molecular formula is C61H51BN2OS. The van der Waals surface area contributed by atoms with Crippen molar-refractivity contribution in [2.24, 2.45) is 0 Å². The van der Waals surface area contributed by atoms with Crippen LogP contribution in [0.1, 0.15) is 77.6 Å². The maximum atomic E-state index is 7.45. The summed E-state index contributed by atoms with van der Waals surface area (Å²) in [6, 6.07) is 61.8. The van der Waals surface area contributed by atoms with E-state index in [1.165, 1.54) is 92.6 Å². The van der Waals surface area contributed by atoms with Crippen molar-refractivity contribution in [3.05, 3.63) is 186 Å². The summed E-state index contributed by atoms with van der Waals surface area (Å²) < 4.78 is 10.1. The molecular weight excluding hydrogens is 820 g/mol. The van der Waals surface area contributed by atoms with E-state index in [2.05, 4.69) is 229 Å². The lowest BCUT2D eigenvalue weighted by molar-refractivity contribution is 0.590. The normalized spacial score (nSPS) is 14.7. The highest BCUT2D eigenvalue weighted by atomic mass is 32.1. The third kappa shape index (κ3) is 5.44. The number of hydrogen-bond donors (Lipinski definition) is 0. The van der Waals surface area contributed by atoms with E-state index >= 15 is 0 Å². The minimum absolute atomic E-state index is 0.0112. The second-order valence-electron chi connectivity index (χ2n) is 21.3. The van der Waals surface area contributed by atoms with E-state index in [0.717, 1.165) is 33.7 Å². The van der Waals surface area contributed by atoms with Crippen molar-refractivity contribution >= 4 is 88.9 Å². The van der Waals surface area contributed by atoms with Gasteiger partial charge in [0.05, 0.1) is 11.4 Å². The lowest BCUT2D eigenvalue weighted by Crippen LogP contribution is -2.61. The molecule has 8 aromatic carbocycles. The van der Waals surface area contributed by atoms with E-state index in [0.29, 0.717) is 0 Å². The highest BCUT2D eigenvalue weighted by Gasteiger charge is 2.53. The first-order valence-corrected chi connectivity index (χ1v) is 24.3. The zero-order valence-corrected chi connectivity index (χ0v) is 39.7. The molecule has 3 nitrogen and oxygen atoms in total. The van der Waals surface area contributed by atoms with E-state index < -0.39 is 0 Å². The number of nitrogens with zero attached hydrogens (tertiary/aromatic N) is 2. The first-order chi connectivity index (χ1) is 31.8. The van der Waals surface area contributed by atoms with Crippen molar-refractivity contribution in [3.8, 4) is 33.4 Å². The highest BCUT2D eigenvalue weighted by Crippen LogP contribution is 2.60. The lowest BCUT2D eigenvalue weighted by atomic mass is 9.45. The Morgan fingerprint density at radius 3 is 1.98 bits per heavy atom. The number of anilines is 5. The minimum atomic E-state index is -0.287. The summed E-state index contributed by atoms with van der Waals surface area (Å²) in [6.45, 7) is 18.5. The maximum Gasteiger partial charge on any atom is 0.375 e. The van der Waals surface area contributed by atoms with Crippen molar-refractivity contribution in [1.82, 2.24) is 0 Å². The van der Waals surface area contributed by atoms with Gasteiger partial charge in [-0.2, -0.15) is 0 Å². The molecule has 0 N–H and O–H groups in total. The van der Waals surface area contributed by atoms with Gasteiger partial charge in [0.25, 0.3) is 0 Å². The minimum Gasteiger partial charge on any atom is -0.466 e. The smallest absolute Gasteiger partial charge is 0.375 e. The summed E-state index contributed by atoms with van der Waals surface area (Å²) in [5.41, 5.74) is 21.6. The zero-order valence-electron chi connectivity index (χ0n) is 38.9. The summed E-state index contributed by atoms with van der Waals surface area (Å²) in [5, 5.41) is 3.73. The van der Waals surface area contributed by atoms with Crippen LogP contribution in [0, 0.1) is 0 Å². The first-order valence-electron chi connectivity index (χ1n) is 23.5. The van der Waals surface area contributed by atoms with Crippen LogP contribution in [0.2, 0.25) is 0 Å². The van der Waals surface area contributed by atoms with Gasteiger partial charge in [-0.3, -0.25) is 0 Å². The Bertz CT molecular complexity index is 3660. The van der Waals surface area contributed by atoms with E-state index in [1.807, 2.05) is 11.3 Å². The Morgan fingerprint density at radius 1 is 0.545 bits per heavy atom. The van der Waals surface area contributed by atoms with Gasteiger partial charge in [0.2, 0.25) is 0 Å². The Hall–Kier alpha value is -6.82. The van der Waals surface area contributed by atoms with E-state index in [9.17, 15) is 0 Å². The molecule has 0 saturated heterocycles. The summed E-state index contributed by atoms with van der Waals surface area (Å²) in [6.07, 6.45) is 0. The van der Waals surface area contributed by atoms with Crippen molar-refractivity contribution in [1.29, 1.82) is 0 Å². The van der Waals surface area contributed by atoms with Crippen LogP contribution in [-0.4, -0.2) is 6.85 Å². The number of thiophene rings is 1. The number of fused-ring (bicyclic) bond motifs is 14. The molecule has 5 heteroatoms. The molecule has 0 fully saturated rings. The zero-order chi connectivity index (χ0) is 45.0. The molecule has 0 spiro atoms. The van der Waals surface area contributed by atoms with Crippen LogP contribution >= 0.6 is 11.3 Å². The summed E-state index contributed by atoms with van der Waals surface area (Å²) in [4.78, 5) is 5.22. The van der Waals surface area contributed by atoms with Gasteiger partial charge in [0.15, 0.2) is 0 Å². The van der Waals surface area contributed by atoms with Crippen molar-refractivity contribution in [2.45, 2.75) is 71.6 Å². The molecule has 1 aliphatic carbocycles. The molecule has 320 valence electrons. The molecule has 0 amide bonds. The van der Waals surface area contributed by atoms with Crippen LogP contribution in [0.5, 0.6) is 0 Å². The third-order valence-electron chi connectivity index (χ3n) is 14.9. The molecule has 0 atom stereocenters. The van der Waals surface area contributed by atoms with Gasteiger partial charge in [-0.25, -0.2) is 0 Å². The number of hydrogen-bond acceptors (Lipinski definition) is 4. The van der Waals surface area contributed by atoms with E-state index in [-0.39, 0.29) is 23.1 Å². The molecule has 3 aliphatic rings. The fourth-order valence-corrected chi connectivity index (χ4v) is 12.8. The van der Waals surface area contributed by atoms with Crippen LogP contribution in [0.4, 0.5) is 28.4 Å². The number of para-hydroxylation sites is 1. The largest absolute Gasteiger partial charge is 0.466 e. The Balaban J connectivity index is 1.24. The molecule has 2 aliphatic heterocycles. The first kappa shape index (κ1) is 39.5. The van der Waals surface area contributed by atoms with E-state index in [4.69, 9.17) is 4.42 Å². The van der Waals surface area contributed by atoms with Crippen LogP contribution in [0.3, 0.4) is 0 Å². The van der Waals surface area contributed by atoms with Gasteiger partial charge in [0, 0.05) is 59.2 Å². The van der Waals surface area contributed by atoms with Gasteiger partial charge in [-0.15, -0.1) is 11.3 Å². The number of rotatable bonds is 3. The fourth-order valence-electron chi connectivity index (χ4n) is 11.7. The topological polar surface area (TPSA) is 19.6 Å². The van der Waals surface area contributed by atoms with Crippen molar-refractivity contribution in [3.63, 3.8) is 0 Å². The van der Waals surface area contributed by atoms with Crippen LogP contribution < -0.4 is 20.8 Å². The van der Waals surface area contributed by atoms with Crippen LogP contribution in [0.25, 0.3) is 64.5 Å². The maximum absolute atomic E-state index is 7.45. The quantitative estimate of drug-likeness (QED) is 0.165. The molecule has 4 heterocycles. The molecule has 10 aromatic rings. The van der Waals surface area contributed by atoms with Crippen LogP contribution in [0.15, 0.2) is 168 Å². The van der Waals surface area contributed by atoms with Gasteiger partial charge in [-0.05, 0) is 121 Å². The summed E-state index contributed by atoms with van der Waals surface area (Å²) in [7, 11) is 0. The summed E-state index contributed by atoms with van der Waals surface area (Å²) >= 11 is 1.90.